The number of hydrogen-bond donors (Lipinski definition) is 2. The SMILES string of the molecule is CC(NC(=O)CNC(=O)c1ccc(C(C)(C)C)cc1)c1cc(F)ccc1F. The topological polar surface area (TPSA) is 58.2 Å². The summed E-state index contributed by atoms with van der Waals surface area (Å²) in [6.07, 6.45) is 0. The number of hydrogen-bond acceptors (Lipinski definition) is 2. The van der Waals surface area contributed by atoms with Gasteiger partial charge in [-0.15, -0.1) is 0 Å². The minimum atomic E-state index is -0.726. The van der Waals surface area contributed by atoms with Gasteiger partial charge in [-0.3, -0.25) is 9.59 Å². The van der Waals surface area contributed by atoms with E-state index in [9.17, 15) is 18.4 Å². The van der Waals surface area contributed by atoms with Gasteiger partial charge in [0.25, 0.3) is 5.91 Å². The number of nitrogens with one attached hydrogen (secondary N) is 2. The Morgan fingerprint density at radius 1 is 1.04 bits per heavy atom. The number of benzene rings is 2. The lowest BCUT2D eigenvalue weighted by Gasteiger charge is -2.19. The van der Waals surface area contributed by atoms with Crippen molar-refractivity contribution in [2.75, 3.05) is 6.54 Å². The second kappa shape index (κ2) is 8.29. The third-order valence-corrected chi connectivity index (χ3v) is 4.22. The fourth-order valence-electron chi connectivity index (χ4n) is 2.60. The Kier molecular flexibility index (Phi) is 6.31. The quantitative estimate of drug-likeness (QED) is 0.835. The molecule has 0 bridgehead atoms. The van der Waals surface area contributed by atoms with Crippen molar-refractivity contribution in [3.63, 3.8) is 0 Å². The Labute approximate surface area is 158 Å². The van der Waals surface area contributed by atoms with Gasteiger partial charge in [0.1, 0.15) is 11.6 Å². The second-order valence-electron chi connectivity index (χ2n) is 7.47. The van der Waals surface area contributed by atoms with Crippen molar-refractivity contribution in [2.24, 2.45) is 0 Å². The molecule has 2 N–H and O–H groups in total. The number of halogens is 2. The molecular weight excluding hydrogens is 350 g/mol. The van der Waals surface area contributed by atoms with Crippen LogP contribution in [0.3, 0.4) is 0 Å². The van der Waals surface area contributed by atoms with Crippen molar-refractivity contribution in [3.8, 4) is 0 Å². The Hall–Kier alpha value is -2.76. The Morgan fingerprint density at radius 3 is 2.26 bits per heavy atom. The van der Waals surface area contributed by atoms with Gasteiger partial charge in [0.2, 0.25) is 5.91 Å². The summed E-state index contributed by atoms with van der Waals surface area (Å²) in [6, 6.07) is 9.51. The lowest BCUT2D eigenvalue weighted by atomic mass is 9.87. The van der Waals surface area contributed by atoms with Crippen LogP contribution in [0.25, 0.3) is 0 Å². The van der Waals surface area contributed by atoms with Gasteiger partial charge >= 0.3 is 0 Å². The molecule has 0 aromatic heterocycles. The van der Waals surface area contributed by atoms with E-state index in [1.165, 1.54) is 0 Å². The molecule has 0 spiro atoms. The van der Waals surface area contributed by atoms with Gasteiger partial charge in [0, 0.05) is 11.1 Å². The summed E-state index contributed by atoms with van der Waals surface area (Å²) in [5.41, 5.74) is 1.58. The Morgan fingerprint density at radius 2 is 1.67 bits per heavy atom. The minimum Gasteiger partial charge on any atom is -0.348 e. The zero-order chi connectivity index (χ0) is 20.2. The van der Waals surface area contributed by atoms with Crippen LogP contribution in [-0.2, 0) is 10.2 Å². The molecule has 1 unspecified atom stereocenters. The maximum absolute atomic E-state index is 13.7. The summed E-state index contributed by atoms with van der Waals surface area (Å²) in [5, 5.41) is 5.06. The Bertz CT molecular complexity index is 827. The van der Waals surface area contributed by atoms with Crippen molar-refractivity contribution >= 4 is 11.8 Å². The fourth-order valence-corrected chi connectivity index (χ4v) is 2.60. The van der Waals surface area contributed by atoms with Crippen LogP contribution in [-0.4, -0.2) is 18.4 Å². The number of rotatable bonds is 5. The normalized spacial score (nSPS) is 12.4. The van der Waals surface area contributed by atoms with Crippen LogP contribution >= 0.6 is 0 Å². The molecule has 4 nitrogen and oxygen atoms in total. The van der Waals surface area contributed by atoms with Crippen LogP contribution in [0.5, 0.6) is 0 Å². The smallest absolute Gasteiger partial charge is 0.251 e. The summed E-state index contributed by atoms with van der Waals surface area (Å²) in [7, 11) is 0. The van der Waals surface area contributed by atoms with E-state index in [2.05, 4.69) is 31.4 Å². The lowest BCUT2D eigenvalue weighted by molar-refractivity contribution is -0.120. The molecule has 144 valence electrons. The average Bonchev–Trinajstić information content (AvgIpc) is 2.61. The van der Waals surface area contributed by atoms with E-state index in [1.54, 1.807) is 19.1 Å². The van der Waals surface area contributed by atoms with Crippen LogP contribution in [0.1, 0.15) is 55.2 Å². The molecule has 2 aromatic carbocycles. The number of carbonyl (C=O) groups is 2. The highest BCUT2D eigenvalue weighted by molar-refractivity contribution is 5.96. The van der Waals surface area contributed by atoms with Gasteiger partial charge in [-0.05, 0) is 48.2 Å². The molecule has 2 rings (SSSR count). The number of carbonyl (C=O) groups excluding carboxylic acids is 2. The van der Waals surface area contributed by atoms with Gasteiger partial charge in [-0.2, -0.15) is 0 Å². The highest BCUT2D eigenvalue weighted by Crippen LogP contribution is 2.22. The molecule has 2 amide bonds. The first-order valence-electron chi connectivity index (χ1n) is 8.71. The lowest BCUT2D eigenvalue weighted by Crippen LogP contribution is -2.38. The first kappa shape index (κ1) is 20.6. The van der Waals surface area contributed by atoms with E-state index in [0.717, 1.165) is 23.8 Å². The first-order chi connectivity index (χ1) is 12.6. The molecule has 27 heavy (non-hydrogen) atoms. The summed E-state index contributed by atoms with van der Waals surface area (Å²) in [6.45, 7) is 7.52. The van der Waals surface area contributed by atoms with E-state index in [-0.39, 0.29) is 23.4 Å². The molecule has 0 aliphatic heterocycles. The van der Waals surface area contributed by atoms with Crippen LogP contribution in [0, 0.1) is 11.6 Å². The predicted octanol–water partition coefficient (Wildman–Crippen LogP) is 3.87. The summed E-state index contributed by atoms with van der Waals surface area (Å²) in [5.74, 6) is -2.06. The zero-order valence-electron chi connectivity index (χ0n) is 15.9. The monoisotopic (exact) mass is 374 g/mol. The molecule has 2 aromatic rings. The second-order valence-corrected chi connectivity index (χ2v) is 7.47. The molecule has 6 heteroatoms. The van der Waals surface area contributed by atoms with Gasteiger partial charge in [-0.25, -0.2) is 8.78 Å². The van der Waals surface area contributed by atoms with Crippen molar-refractivity contribution < 1.29 is 18.4 Å². The molecule has 0 saturated carbocycles. The molecule has 0 fully saturated rings. The zero-order valence-corrected chi connectivity index (χ0v) is 15.9. The summed E-state index contributed by atoms with van der Waals surface area (Å²) in [4.78, 5) is 24.2. The van der Waals surface area contributed by atoms with Crippen molar-refractivity contribution in [1.29, 1.82) is 0 Å². The molecule has 1 atom stereocenters. The van der Waals surface area contributed by atoms with E-state index in [1.807, 2.05) is 12.1 Å². The largest absolute Gasteiger partial charge is 0.348 e. The fraction of sp³-hybridized carbons (Fsp3) is 0.333. The minimum absolute atomic E-state index is 0.0166. The Balaban J connectivity index is 1.91. The maximum atomic E-state index is 13.7. The van der Waals surface area contributed by atoms with E-state index >= 15 is 0 Å². The van der Waals surface area contributed by atoms with Crippen LogP contribution in [0.15, 0.2) is 42.5 Å². The maximum Gasteiger partial charge on any atom is 0.251 e. The summed E-state index contributed by atoms with van der Waals surface area (Å²) >= 11 is 0. The molecule has 0 radical (unpaired) electrons. The van der Waals surface area contributed by atoms with Crippen molar-refractivity contribution in [1.82, 2.24) is 10.6 Å². The van der Waals surface area contributed by atoms with Crippen molar-refractivity contribution in [2.45, 2.75) is 39.2 Å². The molecule has 0 aliphatic carbocycles. The van der Waals surface area contributed by atoms with Crippen LogP contribution in [0.2, 0.25) is 0 Å². The van der Waals surface area contributed by atoms with Gasteiger partial charge in [0.15, 0.2) is 0 Å². The van der Waals surface area contributed by atoms with Crippen LogP contribution in [0.4, 0.5) is 8.78 Å². The van der Waals surface area contributed by atoms with Crippen molar-refractivity contribution in [3.05, 3.63) is 70.8 Å². The molecular formula is C21H24F2N2O2. The van der Waals surface area contributed by atoms with Crippen LogP contribution < -0.4 is 10.6 Å². The molecule has 0 saturated heterocycles. The molecule has 0 aliphatic rings. The van der Waals surface area contributed by atoms with Gasteiger partial charge in [0.05, 0.1) is 12.6 Å². The van der Waals surface area contributed by atoms with E-state index in [0.29, 0.717) is 5.56 Å². The third-order valence-electron chi connectivity index (χ3n) is 4.22. The molecule has 0 heterocycles. The van der Waals surface area contributed by atoms with Gasteiger partial charge < -0.3 is 10.6 Å². The van der Waals surface area contributed by atoms with E-state index < -0.39 is 23.6 Å². The predicted molar refractivity (Wildman–Crippen MR) is 100 cm³/mol. The average molecular weight is 374 g/mol. The highest BCUT2D eigenvalue weighted by Gasteiger charge is 2.17. The third kappa shape index (κ3) is 5.61. The number of amides is 2. The first-order valence-corrected chi connectivity index (χ1v) is 8.71. The highest BCUT2D eigenvalue weighted by atomic mass is 19.1. The van der Waals surface area contributed by atoms with Gasteiger partial charge in [-0.1, -0.05) is 32.9 Å². The summed E-state index contributed by atoms with van der Waals surface area (Å²) < 4.78 is 27.0. The standard InChI is InChI=1S/C21H24F2N2O2/c1-13(17-11-16(22)9-10-18(17)23)25-19(26)12-24-20(27)14-5-7-15(8-6-14)21(2,3)4/h5-11,13H,12H2,1-4H3,(H,24,27)(H,25,26). The van der Waals surface area contributed by atoms with E-state index in [4.69, 9.17) is 0 Å².